The molecule has 0 radical (unpaired) electrons. The van der Waals surface area contributed by atoms with Crippen LogP contribution in [0.4, 0.5) is 0 Å². The maximum absolute atomic E-state index is 11.2. The van der Waals surface area contributed by atoms with Crippen LogP contribution in [0, 0.1) is 6.92 Å². The second kappa shape index (κ2) is 4.14. The van der Waals surface area contributed by atoms with Crippen LogP contribution in [0.3, 0.4) is 0 Å². The fraction of sp³-hybridized carbons (Fsp3) is 0.556. The zero-order valence-corrected chi connectivity index (χ0v) is 9.31. The van der Waals surface area contributed by atoms with Crippen LogP contribution in [-0.4, -0.2) is 26.4 Å². The van der Waals surface area contributed by atoms with Crippen LogP contribution in [0.5, 0.6) is 0 Å². The number of aliphatic hydroxyl groups is 1. The van der Waals surface area contributed by atoms with Gasteiger partial charge in [0.1, 0.15) is 0 Å². The van der Waals surface area contributed by atoms with Crippen LogP contribution in [-0.2, 0) is 0 Å². The van der Waals surface area contributed by atoms with Gasteiger partial charge in [0.2, 0.25) is 0 Å². The van der Waals surface area contributed by atoms with E-state index in [4.69, 9.17) is 0 Å². The van der Waals surface area contributed by atoms with Crippen molar-refractivity contribution in [3.8, 4) is 0 Å². The molecule has 0 fully saturated rings. The molecule has 5 heteroatoms. The van der Waals surface area contributed by atoms with E-state index >= 15 is 0 Å². The lowest BCUT2D eigenvalue weighted by Crippen LogP contribution is -2.22. The molecule has 0 spiro atoms. The predicted molar refractivity (Wildman–Crippen MR) is 56.6 cm³/mol. The van der Waals surface area contributed by atoms with Gasteiger partial charge in [-0.15, -0.1) is 0 Å². The zero-order valence-electron chi connectivity index (χ0n) is 8.50. The summed E-state index contributed by atoms with van der Waals surface area (Å²) in [5.41, 5.74) is -0.287. The van der Waals surface area contributed by atoms with E-state index in [1.54, 1.807) is 20.8 Å². The maximum Gasteiger partial charge on any atom is 0.254 e. The number of rotatable bonds is 3. The van der Waals surface area contributed by atoms with Crippen molar-refractivity contribution in [2.75, 3.05) is 5.75 Å². The molecule has 1 rings (SSSR count). The van der Waals surface area contributed by atoms with Crippen LogP contribution in [0.25, 0.3) is 0 Å². The van der Waals surface area contributed by atoms with Crippen LogP contribution in [0.2, 0.25) is 0 Å². The van der Waals surface area contributed by atoms with Gasteiger partial charge in [-0.25, -0.2) is 4.98 Å². The Morgan fingerprint density at radius 1 is 1.64 bits per heavy atom. The molecule has 1 aromatic heterocycles. The van der Waals surface area contributed by atoms with Crippen LogP contribution < -0.4 is 5.56 Å². The molecule has 0 aromatic carbocycles. The van der Waals surface area contributed by atoms with Crippen LogP contribution in [0.1, 0.15) is 19.4 Å². The molecule has 14 heavy (non-hydrogen) atoms. The Balaban J connectivity index is 2.70. The van der Waals surface area contributed by atoms with Crippen LogP contribution in [0.15, 0.2) is 16.1 Å². The number of nitrogens with one attached hydrogen (secondary N) is 1. The first-order valence-electron chi connectivity index (χ1n) is 4.29. The summed E-state index contributed by atoms with van der Waals surface area (Å²) in [4.78, 5) is 17.9. The van der Waals surface area contributed by atoms with Gasteiger partial charge >= 0.3 is 0 Å². The van der Waals surface area contributed by atoms with E-state index in [0.29, 0.717) is 16.5 Å². The minimum absolute atomic E-state index is 0.127. The molecule has 0 aliphatic carbocycles. The minimum Gasteiger partial charge on any atom is -0.390 e. The lowest BCUT2D eigenvalue weighted by Gasteiger charge is -2.15. The third-order valence-electron chi connectivity index (χ3n) is 1.52. The first-order chi connectivity index (χ1) is 6.38. The average molecular weight is 214 g/mol. The maximum atomic E-state index is 11.2. The molecule has 0 aliphatic heterocycles. The highest BCUT2D eigenvalue weighted by molar-refractivity contribution is 7.99. The van der Waals surface area contributed by atoms with Crippen molar-refractivity contribution < 1.29 is 5.11 Å². The fourth-order valence-electron chi connectivity index (χ4n) is 0.760. The SMILES string of the molecule is Cc1cnc(SCC(C)(C)O)[nH]c1=O. The smallest absolute Gasteiger partial charge is 0.254 e. The summed E-state index contributed by atoms with van der Waals surface area (Å²) in [6.07, 6.45) is 1.53. The normalized spacial score (nSPS) is 11.7. The largest absolute Gasteiger partial charge is 0.390 e. The Labute approximate surface area is 86.8 Å². The highest BCUT2D eigenvalue weighted by Gasteiger charge is 2.13. The zero-order chi connectivity index (χ0) is 10.8. The number of hydrogen-bond acceptors (Lipinski definition) is 4. The quantitative estimate of drug-likeness (QED) is 0.580. The van der Waals surface area contributed by atoms with Crippen molar-refractivity contribution in [3.63, 3.8) is 0 Å². The van der Waals surface area contributed by atoms with Gasteiger partial charge in [0, 0.05) is 17.5 Å². The lowest BCUT2D eigenvalue weighted by molar-refractivity contribution is 0.107. The second-order valence-corrected chi connectivity index (χ2v) is 4.77. The molecule has 1 aromatic rings. The molecule has 0 saturated carbocycles. The van der Waals surface area contributed by atoms with Gasteiger partial charge in [-0.3, -0.25) is 4.79 Å². The molecule has 0 unspecified atom stereocenters. The summed E-state index contributed by atoms with van der Waals surface area (Å²) in [6.45, 7) is 5.13. The Morgan fingerprint density at radius 2 is 2.29 bits per heavy atom. The molecule has 0 amide bonds. The molecule has 4 nitrogen and oxygen atoms in total. The van der Waals surface area contributed by atoms with Crippen molar-refractivity contribution >= 4 is 11.8 Å². The van der Waals surface area contributed by atoms with Gasteiger partial charge in [-0.05, 0) is 20.8 Å². The number of aromatic amines is 1. The monoisotopic (exact) mass is 214 g/mol. The van der Waals surface area contributed by atoms with Gasteiger partial charge in [0.25, 0.3) is 5.56 Å². The first kappa shape index (κ1) is 11.3. The van der Waals surface area contributed by atoms with Crippen molar-refractivity contribution in [1.82, 2.24) is 9.97 Å². The molecular formula is C9H14N2O2S. The number of nitrogens with zero attached hydrogens (tertiary/aromatic N) is 1. The van der Waals surface area contributed by atoms with Crippen molar-refractivity contribution in [2.24, 2.45) is 0 Å². The molecule has 2 N–H and O–H groups in total. The molecule has 0 saturated heterocycles. The Bertz CT molecular complexity index is 368. The highest BCUT2D eigenvalue weighted by atomic mass is 32.2. The standard InChI is InChI=1S/C9H14N2O2S/c1-6-4-10-8(11-7(6)12)14-5-9(2,3)13/h4,13H,5H2,1-3H3,(H,10,11,12). The summed E-state index contributed by atoms with van der Waals surface area (Å²) in [7, 11) is 0. The number of hydrogen-bond donors (Lipinski definition) is 2. The number of H-pyrrole nitrogens is 1. The summed E-state index contributed by atoms with van der Waals surface area (Å²) in [6, 6.07) is 0. The molecule has 0 bridgehead atoms. The van der Waals surface area contributed by atoms with Gasteiger partial charge in [0.05, 0.1) is 5.60 Å². The third kappa shape index (κ3) is 3.51. The van der Waals surface area contributed by atoms with Gasteiger partial charge in [0.15, 0.2) is 5.16 Å². The van der Waals surface area contributed by atoms with E-state index in [-0.39, 0.29) is 5.56 Å². The van der Waals surface area contributed by atoms with Crippen molar-refractivity contribution in [3.05, 3.63) is 22.1 Å². The van der Waals surface area contributed by atoms with Crippen molar-refractivity contribution in [1.29, 1.82) is 0 Å². The molecular weight excluding hydrogens is 200 g/mol. The number of thioether (sulfide) groups is 1. The summed E-state index contributed by atoms with van der Waals surface area (Å²) < 4.78 is 0. The average Bonchev–Trinajstić information content (AvgIpc) is 2.06. The topological polar surface area (TPSA) is 66.0 Å². The fourth-order valence-corrected chi connectivity index (χ4v) is 1.54. The van der Waals surface area contributed by atoms with E-state index in [9.17, 15) is 9.90 Å². The van der Waals surface area contributed by atoms with Crippen molar-refractivity contribution in [2.45, 2.75) is 31.5 Å². The molecule has 1 heterocycles. The second-order valence-electron chi connectivity index (χ2n) is 3.80. The molecule has 0 atom stereocenters. The van der Waals surface area contributed by atoms with Gasteiger partial charge in [-0.2, -0.15) is 0 Å². The highest BCUT2D eigenvalue weighted by Crippen LogP contribution is 2.17. The summed E-state index contributed by atoms with van der Waals surface area (Å²) >= 11 is 1.33. The predicted octanol–water partition coefficient (Wildman–Crippen LogP) is 0.941. The Morgan fingerprint density at radius 3 is 2.79 bits per heavy atom. The molecule has 78 valence electrons. The minimum atomic E-state index is -0.756. The number of aromatic nitrogens is 2. The molecule has 0 aliphatic rings. The Hall–Kier alpha value is -0.810. The van der Waals surface area contributed by atoms with E-state index in [1.165, 1.54) is 18.0 Å². The van der Waals surface area contributed by atoms with Gasteiger partial charge in [-0.1, -0.05) is 11.8 Å². The first-order valence-corrected chi connectivity index (χ1v) is 5.28. The van der Waals surface area contributed by atoms with E-state index in [1.807, 2.05) is 0 Å². The third-order valence-corrected chi connectivity index (χ3v) is 2.85. The van der Waals surface area contributed by atoms with E-state index < -0.39 is 5.60 Å². The number of aryl methyl sites for hydroxylation is 1. The van der Waals surface area contributed by atoms with E-state index in [2.05, 4.69) is 9.97 Å². The van der Waals surface area contributed by atoms with E-state index in [0.717, 1.165) is 0 Å². The Kier molecular flexibility index (Phi) is 3.34. The van der Waals surface area contributed by atoms with Gasteiger partial charge < -0.3 is 10.1 Å². The lowest BCUT2D eigenvalue weighted by atomic mass is 10.2. The summed E-state index contributed by atoms with van der Waals surface area (Å²) in [5, 5.41) is 10.0. The van der Waals surface area contributed by atoms with Crippen LogP contribution >= 0.6 is 11.8 Å². The summed E-state index contributed by atoms with van der Waals surface area (Å²) in [5.74, 6) is 0.499.